The average Bonchev–Trinajstić information content (AvgIpc) is 3.01. The first-order valence-corrected chi connectivity index (χ1v) is 9.26. The molecule has 3 aromatic rings. The van der Waals surface area contributed by atoms with Gasteiger partial charge in [-0.05, 0) is 36.4 Å². The van der Waals surface area contributed by atoms with E-state index in [0.717, 1.165) is 5.56 Å². The smallest absolute Gasteiger partial charge is 0.322 e. The van der Waals surface area contributed by atoms with Gasteiger partial charge in [0.25, 0.3) is 5.91 Å². The molecule has 0 unspecified atom stereocenters. The van der Waals surface area contributed by atoms with E-state index in [4.69, 9.17) is 17.3 Å². The summed E-state index contributed by atoms with van der Waals surface area (Å²) in [5.41, 5.74) is 8.24. The van der Waals surface area contributed by atoms with Crippen LogP contribution in [0.3, 0.4) is 0 Å². The van der Waals surface area contributed by atoms with Gasteiger partial charge < -0.3 is 20.5 Å². The summed E-state index contributed by atoms with van der Waals surface area (Å²) in [6.07, 6.45) is 3.31. The monoisotopic (exact) mass is 413 g/mol. The molecule has 9 heteroatoms. The van der Waals surface area contributed by atoms with Crippen molar-refractivity contribution in [1.29, 1.82) is 0 Å². The number of halogens is 2. The molecule has 1 aliphatic heterocycles. The van der Waals surface area contributed by atoms with Gasteiger partial charge in [-0.15, -0.1) is 0 Å². The van der Waals surface area contributed by atoms with Crippen LogP contribution in [0.15, 0.2) is 48.8 Å². The van der Waals surface area contributed by atoms with Gasteiger partial charge in [0, 0.05) is 36.7 Å². The van der Waals surface area contributed by atoms with Gasteiger partial charge in [0.05, 0.1) is 28.5 Å². The number of carbonyl (C=O) groups excluding carboxylic acids is 2. The number of rotatable bonds is 3. The van der Waals surface area contributed by atoms with Crippen LogP contribution < -0.4 is 11.1 Å². The molecule has 4 rings (SSSR count). The van der Waals surface area contributed by atoms with Crippen molar-refractivity contribution in [2.45, 2.75) is 13.1 Å². The fourth-order valence-electron chi connectivity index (χ4n) is 3.47. The summed E-state index contributed by atoms with van der Waals surface area (Å²) in [6, 6.07) is 8.75. The molecule has 3 amide bonds. The number of pyridine rings is 1. The third kappa shape index (κ3) is 3.54. The first-order valence-electron chi connectivity index (χ1n) is 8.88. The molecule has 3 heterocycles. The van der Waals surface area contributed by atoms with Crippen molar-refractivity contribution in [3.8, 4) is 11.3 Å². The zero-order valence-electron chi connectivity index (χ0n) is 15.2. The van der Waals surface area contributed by atoms with Crippen molar-refractivity contribution >= 4 is 29.2 Å². The molecule has 2 aromatic heterocycles. The molecule has 1 aliphatic rings. The van der Waals surface area contributed by atoms with Crippen LogP contribution in [-0.4, -0.2) is 32.9 Å². The van der Waals surface area contributed by atoms with Crippen molar-refractivity contribution in [1.82, 2.24) is 14.5 Å². The first kappa shape index (κ1) is 18.9. The number of nitrogens with one attached hydrogen (secondary N) is 1. The van der Waals surface area contributed by atoms with Crippen LogP contribution in [0, 0.1) is 5.82 Å². The molecule has 0 saturated carbocycles. The number of amides is 3. The highest BCUT2D eigenvalue weighted by Gasteiger charge is 2.31. The molecule has 1 aromatic carbocycles. The first-order chi connectivity index (χ1) is 14.0. The Hall–Kier alpha value is -3.39. The summed E-state index contributed by atoms with van der Waals surface area (Å²) < 4.78 is 15.0. The number of nitrogens with zero attached hydrogens (tertiary/aromatic N) is 3. The zero-order valence-corrected chi connectivity index (χ0v) is 16.0. The normalized spacial score (nSPS) is 13.1. The lowest BCUT2D eigenvalue weighted by molar-refractivity contribution is 0.0997. The van der Waals surface area contributed by atoms with E-state index in [2.05, 4.69) is 10.3 Å². The van der Waals surface area contributed by atoms with Gasteiger partial charge in [0.1, 0.15) is 5.82 Å². The minimum absolute atomic E-state index is 0.158. The van der Waals surface area contributed by atoms with Crippen molar-refractivity contribution in [2.75, 3.05) is 11.9 Å². The number of aromatic nitrogens is 2. The minimum Gasteiger partial charge on any atom is -0.365 e. The lowest BCUT2D eigenvalue weighted by Gasteiger charge is -2.30. The van der Waals surface area contributed by atoms with Crippen LogP contribution in [0.2, 0.25) is 5.02 Å². The number of nitrogens with two attached hydrogens (primary N) is 1. The van der Waals surface area contributed by atoms with Crippen LogP contribution in [0.1, 0.15) is 16.1 Å². The fourth-order valence-corrected chi connectivity index (χ4v) is 3.88. The topological polar surface area (TPSA) is 93.2 Å². The predicted molar refractivity (Wildman–Crippen MR) is 107 cm³/mol. The Balaban J connectivity index is 1.66. The highest BCUT2D eigenvalue weighted by atomic mass is 35.5. The van der Waals surface area contributed by atoms with E-state index in [1.54, 1.807) is 23.4 Å². The molecule has 3 N–H and O–H groups in total. The Bertz CT molecular complexity index is 1080. The Labute approximate surface area is 170 Å². The summed E-state index contributed by atoms with van der Waals surface area (Å²) in [5.74, 6) is -1.04. The van der Waals surface area contributed by atoms with Crippen molar-refractivity contribution in [2.24, 2.45) is 5.73 Å². The number of carbonyl (C=O) groups is 2. The van der Waals surface area contributed by atoms with Crippen molar-refractivity contribution in [3.05, 3.63) is 70.9 Å². The van der Waals surface area contributed by atoms with Crippen LogP contribution in [-0.2, 0) is 13.1 Å². The number of urea groups is 1. The predicted octanol–water partition coefficient (Wildman–Crippen LogP) is 3.49. The second-order valence-corrected chi connectivity index (χ2v) is 6.98. The molecule has 29 heavy (non-hydrogen) atoms. The quantitative estimate of drug-likeness (QED) is 0.688. The van der Waals surface area contributed by atoms with E-state index in [-0.39, 0.29) is 29.0 Å². The molecule has 0 spiro atoms. The van der Waals surface area contributed by atoms with Crippen molar-refractivity contribution in [3.63, 3.8) is 0 Å². The number of hydrogen-bond donors (Lipinski definition) is 2. The van der Waals surface area contributed by atoms with Crippen LogP contribution in [0.5, 0.6) is 0 Å². The molecule has 0 radical (unpaired) electrons. The van der Waals surface area contributed by atoms with E-state index in [9.17, 15) is 14.0 Å². The van der Waals surface area contributed by atoms with Gasteiger partial charge in [-0.3, -0.25) is 9.78 Å². The van der Waals surface area contributed by atoms with E-state index >= 15 is 0 Å². The Morgan fingerprint density at radius 2 is 1.93 bits per heavy atom. The number of primary amides is 1. The van der Waals surface area contributed by atoms with E-state index in [1.165, 1.54) is 24.3 Å². The zero-order chi connectivity index (χ0) is 20.5. The molecule has 0 bridgehead atoms. The maximum Gasteiger partial charge on any atom is 0.322 e. The number of fused-ring (bicyclic) bond motifs is 1. The summed E-state index contributed by atoms with van der Waals surface area (Å²) in [4.78, 5) is 30.4. The fraction of sp³-hybridized carbons (Fsp3) is 0.150. The van der Waals surface area contributed by atoms with Gasteiger partial charge in [-0.1, -0.05) is 11.6 Å². The highest BCUT2D eigenvalue weighted by molar-refractivity contribution is 6.36. The van der Waals surface area contributed by atoms with Gasteiger partial charge in [-0.2, -0.15) is 0 Å². The third-order valence-electron chi connectivity index (χ3n) is 4.81. The second kappa shape index (κ2) is 7.56. The van der Waals surface area contributed by atoms with E-state index < -0.39 is 5.91 Å². The lowest BCUT2D eigenvalue weighted by atomic mass is 10.1. The van der Waals surface area contributed by atoms with Crippen LogP contribution >= 0.6 is 11.6 Å². The Morgan fingerprint density at radius 3 is 2.59 bits per heavy atom. The summed E-state index contributed by atoms with van der Waals surface area (Å²) >= 11 is 6.52. The van der Waals surface area contributed by atoms with Gasteiger partial charge in [0.2, 0.25) is 0 Å². The molecule has 0 saturated heterocycles. The molecular weight excluding hydrogens is 397 g/mol. The highest BCUT2D eigenvalue weighted by Crippen LogP contribution is 2.37. The number of benzene rings is 1. The minimum atomic E-state index is -0.658. The van der Waals surface area contributed by atoms with Crippen molar-refractivity contribution < 1.29 is 14.0 Å². The average molecular weight is 414 g/mol. The van der Waals surface area contributed by atoms with Gasteiger partial charge >= 0.3 is 6.03 Å². The SMILES string of the molecule is NC(=O)c1c(Cl)c(-c2cccnc2)n2c1CN(C(=O)Nc1ccc(F)cc1)CC2. The Kier molecular flexibility index (Phi) is 4.94. The largest absolute Gasteiger partial charge is 0.365 e. The van der Waals surface area contributed by atoms with E-state index in [1.807, 2.05) is 10.6 Å². The van der Waals surface area contributed by atoms with Crippen LogP contribution in [0.25, 0.3) is 11.3 Å². The molecule has 148 valence electrons. The molecule has 0 aliphatic carbocycles. The molecular formula is C20H17ClFN5O2. The summed E-state index contributed by atoms with van der Waals surface area (Å²) in [7, 11) is 0. The maximum atomic E-state index is 13.1. The molecule has 7 nitrogen and oxygen atoms in total. The van der Waals surface area contributed by atoms with E-state index in [0.29, 0.717) is 30.2 Å². The number of anilines is 1. The third-order valence-corrected chi connectivity index (χ3v) is 5.18. The summed E-state index contributed by atoms with van der Waals surface area (Å²) in [5, 5.41) is 2.97. The van der Waals surface area contributed by atoms with Gasteiger partial charge in [-0.25, -0.2) is 9.18 Å². The molecule has 0 fully saturated rings. The number of hydrogen-bond acceptors (Lipinski definition) is 3. The standard InChI is InChI=1S/C20H17ClFN5O2/c21-17-16(19(23)28)15-11-26(20(29)25-14-5-3-13(22)4-6-14)8-9-27(15)18(17)12-2-1-7-24-10-12/h1-7,10H,8-9,11H2,(H2,23,28)(H,25,29). The van der Waals surface area contributed by atoms with Crippen LogP contribution in [0.4, 0.5) is 14.9 Å². The molecule has 0 atom stereocenters. The second-order valence-electron chi connectivity index (χ2n) is 6.60. The van der Waals surface area contributed by atoms with Gasteiger partial charge in [0.15, 0.2) is 0 Å². The maximum absolute atomic E-state index is 13.1. The lowest BCUT2D eigenvalue weighted by Crippen LogP contribution is -2.41. The summed E-state index contributed by atoms with van der Waals surface area (Å²) in [6.45, 7) is 0.991. The Morgan fingerprint density at radius 1 is 1.17 bits per heavy atom.